The summed E-state index contributed by atoms with van der Waals surface area (Å²) >= 11 is 0. The number of para-hydroxylation sites is 2. The van der Waals surface area contributed by atoms with Gasteiger partial charge >= 0.3 is 12.4 Å². The van der Waals surface area contributed by atoms with Gasteiger partial charge in [0.05, 0.1) is 22.2 Å². The van der Waals surface area contributed by atoms with Crippen LogP contribution < -0.4 is 0 Å². The quantitative estimate of drug-likeness (QED) is 0.580. The van der Waals surface area contributed by atoms with Crippen LogP contribution >= 0.6 is 0 Å². The number of benzene rings is 2. The van der Waals surface area contributed by atoms with E-state index in [9.17, 15) is 26.3 Å². The zero-order valence-electron chi connectivity index (χ0n) is 12.4. The summed E-state index contributed by atoms with van der Waals surface area (Å²) in [6, 6.07) is 8.25. The molecule has 3 aromatic rings. The highest BCUT2D eigenvalue weighted by atomic mass is 19.4. The van der Waals surface area contributed by atoms with Crippen LogP contribution in [0.5, 0.6) is 0 Å². The maximum absolute atomic E-state index is 13.0. The Labute approximate surface area is 137 Å². The molecule has 0 aliphatic heterocycles. The van der Waals surface area contributed by atoms with Gasteiger partial charge in [0.2, 0.25) is 0 Å². The molecule has 0 saturated heterocycles. The molecule has 1 heterocycles. The van der Waals surface area contributed by atoms with Crippen molar-refractivity contribution in [1.29, 1.82) is 0 Å². The Bertz CT molecular complexity index is 901. The number of hydrogen-bond acceptors (Lipinski definition) is 1. The summed E-state index contributed by atoms with van der Waals surface area (Å²) in [4.78, 5) is 7.01. The van der Waals surface area contributed by atoms with Gasteiger partial charge in [0.25, 0.3) is 0 Å². The van der Waals surface area contributed by atoms with Crippen molar-refractivity contribution in [3.05, 3.63) is 65.0 Å². The van der Waals surface area contributed by atoms with E-state index in [1.54, 1.807) is 24.3 Å². The van der Waals surface area contributed by atoms with Gasteiger partial charge in [-0.05, 0) is 42.0 Å². The first-order chi connectivity index (χ1) is 11.6. The summed E-state index contributed by atoms with van der Waals surface area (Å²) in [5.41, 5.74) is -1.61. The van der Waals surface area contributed by atoms with Crippen LogP contribution in [0, 0.1) is 0 Å². The Morgan fingerprint density at radius 1 is 0.840 bits per heavy atom. The molecule has 0 aliphatic rings. The predicted octanol–water partition coefficient (Wildman–Crippen LogP) is 5.77. The molecule has 3 rings (SSSR count). The standard InChI is InChI=1S/C17H10F6N2/c18-16(19,20)11-6-7-12(17(21,22)23)10(9-11)5-8-15-24-13-3-1-2-4-14(13)25-15/h1-9H,(H,24,25). The molecule has 2 aromatic carbocycles. The fourth-order valence-corrected chi connectivity index (χ4v) is 2.36. The molecule has 0 fully saturated rings. The lowest BCUT2D eigenvalue weighted by Crippen LogP contribution is -2.11. The number of halogens is 6. The highest BCUT2D eigenvalue weighted by Crippen LogP contribution is 2.37. The van der Waals surface area contributed by atoms with Gasteiger partial charge in [-0.1, -0.05) is 18.2 Å². The third-order valence-corrected chi connectivity index (χ3v) is 3.51. The van der Waals surface area contributed by atoms with E-state index in [-0.39, 0.29) is 5.82 Å². The second-order valence-corrected chi connectivity index (χ2v) is 5.27. The monoisotopic (exact) mass is 356 g/mol. The number of nitrogens with zero attached hydrogens (tertiary/aromatic N) is 1. The molecule has 0 aliphatic carbocycles. The zero-order chi connectivity index (χ0) is 18.2. The van der Waals surface area contributed by atoms with Crippen LogP contribution in [0.1, 0.15) is 22.5 Å². The van der Waals surface area contributed by atoms with Gasteiger partial charge in [-0.2, -0.15) is 26.3 Å². The average molecular weight is 356 g/mol. The fourth-order valence-electron chi connectivity index (χ4n) is 2.36. The Hall–Kier alpha value is -2.77. The highest BCUT2D eigenvalue weighted by Gasteiger charge is 2.36. The molecule has 0 amide bonds. The van der Waals surface area contributed by atoms with Gasteiger partial charge in [-0.3, -0.25) is 0 Å². The van der Waals surface area contributed by atoms with Gasteiger partial charge in [-0.15, -0.1) is 0 Å². The van der Waals surface area contributed by atoms with Gasteiger partial charge in [0.15, 0.2) is 0 Å². The predicted molar refractivity (Wildman–Crippen MR) is 81.5 cm³/mol. The fraction of sp³-hybridized carbons (Fsp3) is 0.118. The third-order valence-electron chi connectivity index (χ3n) is 3.51. The van der Waals surface area contributed by atoms with E-state index in [0.29, 0.717) is 29.2 Å². The lowest BCUT2D eigenvalue weighted by molar-refractivity contribution is -0.141. The van der Waals surface area contributed by atoms with Crippen molar-refractivity contribution < 1.29 is 26.3 Å². The number of aromatic amines is 1. The lowest BCUT2D eigenvalue weighted by Gasteiger charge is -2.13. The SMILES string of the molecule is FC(F)(F)c1ccc(C(F)(F)F)c(C=Cc2nc3ccccc3[nH]2)c1. The summed E-state index contributed by atoms with van der Waals surface area (Å²) in [5, 5.41) is 0. The van der Waals surface area contributed by atoms with Crippen molar-refractivity contribution in [2.24, 2.45) is 0 Å². The Kier molecular flexibility index (Phi) is 4.06. The van der Waals surface area contributed by atoms with E-state index in [0.717, 1.165) is 6.08 Å². The average Bonchev–Trinajstić information content (AvgIpc) is 2.93. The minimum absolute atomic E-state index is 0.242. The van der Waals surface area contributed by atoms with Crippen LogP contribution in [0.3, 0.4) is 0 Å². The molecule has 2 nitrogen and oxygen atoms in total. The molecule has 1 N–H and O–H groups in total. The number of nitrogens with one attached hydrogen (secondary N) is 1. The third kappa shape index (κ3) is 3.67. The van der Waals surface area contributed by atoms with Crippen LogP contribution in [0.15, 0.2) is 42.5 Å². The van der Waals surface area contributed by atoms with Crippen molar-refractivity contribution in [3.8, 4) is 0 Å². The summed E-state index contributed by atoms with van der Waals surface area (Å²) in [6.45, 7) is 0. The van der Waals surface area contributed by atoms with Crippen molar-refractivity contribution >= 4 is 23.2 Å². The van der Waals surface area contributed by atoms with Gasteiger partial charge in [-0.25, -0.2) is 4.98 Å². The summed E-state index contributed by atoms with van der Waals surface area (Å²) < 4.78 is 77.4. The molecular weight excluding hydrogens is 346 g/mol. The van der Waals surface area contributed by atoms with Gasteiger partial charge in [0, 0.05) is 0 Å². The van der Waals surface area contributed by atoms with E-state index in [4.69, 9.17) is 0 Å². The first-order valence-corrected chi connectivity index (χ1v) is 7.06. The van der Waals surface area contributed by atoms with Crippen LogP contribution in [0.25, 0.3) is 23.2 Å². The molecule has 8 heteroatoms. The molecular formula is C17H10F6N2. The van der Waals surface area contributed by atoms with E-state index in [1.165, 1.54) is 6.08 Å². The Balaban J connectivity index is 2.04. The molecule has 0 atom stereocenters. The van der Waals surface area contributed by atoms with Crippen molar-refractivity contribution in [2.45, 2.75) is 12.4 Å². The summed E-state index contributed by atoms with van der Waals surface area (Å²) in [6.07, 6.45) is -7.32. The topological polar surface area (TPSA) is 28.7 Å². The Morgan fingerprint density at radius 3 is 2.20 bits per heavy atom. The number of rotatable bonds is 2. The van der Waals surface area contributed by atoms with E-state index >= 15 is 0 Å². The zero-order valence-corrected chi connectivity index (χ0v) is 12.4. The molecule has 25 heavy (non-hydrogen) atoms. The van der Waals surface area contributed by atoms with E-state index in [2.05, 4.69) is 9.97 Å². The van der Waals surface area contributed by atoms with Crippen LogP contribution in [-0.2, 0) is 12.4 Å². The first kappa shape index (κ1) is 17.1. The second kappa shape index (κ2) is 5.94. The summed E-state index contributed by atoms with van der Waals surface area (Å²) in [7, 11) is 0. The first-order valence-electron chi connectivity index (χ1n) is 7.06. The number of H-pyrrole nitrogens is 1. The molecule has 0 saturated carbocycles. The van der Waals surface area contributed by atoms with Crippen molar-refractivity contribution in [2.75, 3.05) is 0 Å². The van der Waals surface area contributed by atoms with Crippen LogP contribution in [-0.4, -0.2) is 9.97 Å². The van der Waals surface area contributed by atoms with Gasteiger partial charge < -0.3 is 4.98 Å². The maximum atomic E-state index is 13.0. The number of aromatic nitrogens is 2. The number of imidazole rings is 1. The molecule has 0 spiro atoms. The van der Waals surface area contributed by atoms with Crippen LogP contribution in [0.4, 0.5) is 26.3 Å². The molecule has 1 aromatic heterocycles. The number of fused-ring (bicyclic) bond motifs is 1. The normalized spacial score (nSPS) is 13.0. The van der Waals surface area contributed by atoms with E-state index in [1.807, 2.05) is 0 Å². The highest BCUT2D eigenvalue weighted by molar-refractivity contribution is 5.79. The summed E-state index contributed by atoms with van der Waals surface area (Å²) in [5.74, 6) is 0.242. The van der Waals surface area contributed by atoms with Crippen molar-refractivity contribution in [1.82, 2.24) is 9.97 Å². The lowest BCUT2D eigenvalue weighted by atomic mass is 10.0. The molecule has 0 unspecified atom stereocenters. The Morgan fingerprint density at radius 2 is 1.56 bits per heavy atom. The van der Waals surface area contributed by atoms with Gasteiger partial charge in [0.1, 0.15) is 5.82 Å². The number of alkyl halides is 6. The molecule has 130 valence electrons. The molecule has 0 bridgehead atoms. The molecule has 0 radical (unpaired) electrons. The minimum Gasteiger partial charge on any atom is -0.338 e. The maximum Gasteiger partial charge on any atom is 0.416 e. The smallest absolute Gasteiger partial charge is 0.338 e. The van der Waals surface area contributed by atoms with Crippen molar-refractivity contribution in [3.63, 3.8) is 0 Å². The largest absolute Gasteiger partial charge is 0.416 e. The van der Waals surface area contributed by atoms with E-state index < -0.39 is 29.0 Å². The van der Waals surface area contributed by atoms with Crippen LogP contribution in [0.2, 0.25) is 0 Å². The minimum atomic E-state index is -4.77. The second-order valence-electron chi connectivity index (χ2n) is 5.27. The number of hydrogen-bond donors (Lipinski definition) is 1.